The van der Waals surface area contributed by atoms with Crippen molar-refractivity contribution >= 4 is 44.9 Å². The molecule has 0 saturated heterocycles. The molecule has 0 radical (unpaired) electrons. The van der Waals surface area contributed by atoms with Crippen molar-refractivity contribution in [1.82, 2.24) is 5.16 Å². The van der Waals surface area contributed by atoms with Crippen LogP contribution in [-0.2, 0) is 4.79 Å². The van der Waals surface area contributed by atoms with E-state index in [2.05, 4.69) is 21.1 Å². The first kappa shape index (κ1) is 14.0. The third-order valence-electron chi connectivity index (χ3n) is 2.65. The third kappa shape index (κ3) is 3.13. The van der Waals surface area contributed by atoms with Crippen molar-refractivity contribution in [2.45, 2.75) is 13.8 Å². The van der Waals surface area contributed by atoms with Crippen molar-refractivity contribution in [2.24, 2.45) is 0 Å². The largest absolute Gasteiger partial charge is 0.359 e. The molecule has 0 aromatic carbocycles. The molecule has 2 aromatic heterocycles. The maximum absolute atomic E-state index is 12.1. The molecule has 0 aliphatic heterocycles. The fourth-order valence-corrected chi connectivity index (χ4v) is 3.08. The summed E-state index contributed by atoms with van der Waals surface area (Å²) in [6.07, 6.45) is 3.34. The number of nitrogens with zero attached hydrogens (tertiary/aromatic N) is 2. The van der Waals surface area contributed by atoms with E-state index in [1.165, 1.54) is 0 Å². The summed E-state index contributed by atoms with van der Waals surface area (Å²) in [5.41, 5.74) is 1.43. The molecule has 19 heavy (non-hydrogen) atoms. The van der Waals surface area contributed by atoms with Crippen molar-refractivity contribution < 1.29 is 9.32 Å². The SMILES string of the molecule is Cc1noc(C)c1N(C)C(=O)/C=C\c1ccc(Br)s1. The molecule has 0 fully saturated rings. The Kier molecular flexibility index (Phi) is 4.21. The van der Waals surface area contributed by atoms with Crippen LogP contribution in [0.15, 0.2) is 26.5 Å². The number of carbonyl (C=O) groups is 1. The van der Waals surface area contributed by atoms with E-state index >= 15 is 0 Å². The zero-order valence-corrected chi connectivity index (χ0v) is 13.2. The van der Waals surface area contributed by atoms with E-state index in [0.29, 0.717) is 11.5 Å². The Morgan fingerprint density at radius 3 is 2.74 bits per heavy atom. The first-order valence-electron chi connectivity index (χ1n) is 5.63. The van der Waals surface area contributed by atoms with Crippen LogP contribution in [0.3, 0.4) is 0 Å². The molecule has 100 valence electrons. The van der Waals surface area contributed by atoms with Gasteiger partial charge in [-0.3, -0.25) is 4.79 Å². The minimum Gasteiger partial charge on any atom is -0.359 e. The molecule has 0 aliphatic carbocycles. The molecule has 0 atom stereocenters. The maximum Gasteiger partial charge on any atom is 0.250 e. The number of aromatic nitrogens is 1. The molecule has 1 amide bonds. The quantitative estimate of drug-likeness (QED) is 0.798. The number of thiophene rings is 1. The lowest BCUT2D eigenvalue weighted by molar-refractivity contribution is -0.113. The zero-order chi connectivity index (χ0) is 14.0. The van der Waals surface area contributed by atoms with Crippen LogP contribution < -0.4 is 4.90 Å². The van der Waals surface area contributed by atoms with Crippen LogP contribution in [0.4, 0.5) is 5.69 Å². The molecular formula is C13H13BrN2O2S. The van der Waals surface area contributed by atoms with Crippen LogP contribution in [0.1, 0.15) is 16.3 Å². The first-order valence-corrected chi connectivity index (χ1v) is 7.24. The number of likely N-dealkylation sites (N-methyl/N-ethyl adjacent to an activating group) is 1. The van der Waals surface area contributed by atoms with Gasteiger partial charge in [-0.2, -0.15) is 0 Å². The minimum atomic E-state index is -0.112. The molecule has 0 bridgehead atoms. The maximum atomic E-state index is 12.1. The van der Waals surface area contributed by atoms with E-state index < -0.39 is 0 Å². The summed E-state index contributed by atoms with van der Waals surface area (Å²) in [5.74, 6) is 0.527. The van der Waals surface area contributed by atoms with E-state index in [0.717, 1.165) is 14.4 Å². The van der Waals surface area contributed by atoms with Gasteiger partial charge in [-0.25, -0.2) is 0 Å². The van der Waals surface area contributed by atoms with Gasteiger partial charge in [0.2, 0.25) is 0 Å². The van der Waals surface area contributed by atoms with E-state index in [9.17, 15) is 4.79 Å². The van der Waals surface area contributed by atoms with E-state index in [4.69, 9.17) is 4.52 Å². The average Bonchev–Trinajstić information content (AvgIpc) is 2.92. The van der Waals surface area contributed by atoms with Gasteiger partial charge in [0.15, 0.2) is 5.76 Å². The average molecular weight is 341 g/mol. The fourth-order valence-electron chi connectivity index (χ4n) is 1.75. The number of rotatable bonds is 3. The minimum absolute atomic E-state index is 0.112. The molecule has 0 aliphatic rings. The zero-order valence-electron chi connectivity index (χ0n) is 10.8. The van der Waals surface area contributed by atoms with Gasteiger partial charge in [0.05, 0.1) is 3.79 Å². The number of anilines is 1. The summed E-state index contributed by atoms with van der Waals surface area (Å²) < 4.78 is 6.10. The smallest absolute Gasteiger partial charge is 0.250 e. The standard InChI is InChI=1S/C13H13BrN2O2S/c1-8-13(9(2)18-15-8)16(3)12(17)7-5-10-4-6-11(14)19-10/h4-7H,1-3H3/b7-5-. The highest BCUT2D eigenvalue weighted by Crippen LogP contribution is 2.25. The summed E-state index contributed by atoms with van der Waals surface area (Å²) in [6, 6.07) is 3.90. The second-order valence-corrected chi connectivity index (χ2v) is 6.54. The second-order valence-electron chi connectivity index (χ2n) is 4.05. The number of halogens is 1. The van der Waals surface area contributed by atoms with Crippen LogP contribution in [0.25, 0.3) is 6.08 Å². The number of aryl methyl sites for hydroxylation is 2. The van der Waals surface area contributed by atoms with Crippen LogP contribution in [0.5, 0.6) is 0 Å². The molecule has 4 nitrogen and oxygen atoms in total. The molecule has 6 heteroatoms. The Hall–Kier alpha value is -1.40. The van der Waals surface area contributed by atoms with Gasteiger partial charge in [-0.1, -0.05) is 5.16 Å². The van der Waals surface area contributed by atoms with Gasteiger partial charge in [-0.15, -0.1) is 11.3 Å². The van der Waals surface area contributed by atoms with Crippen molar-refractivity contribution in [3.8, 4) is 0 Å². The summed E-state index contributed by atoms with van der Waals surface area (Å²) in [5, 5.41) is 3.84. The van der Waals surface area contributed by atoms with Crippen molar-refractivity contribution in [2.75, 3.05) is 11.9 Å². The first-order chi connectivity index (χ1) is 8.99. The highest BCUT2D eigenvalue weighted by atomic mass is 79.9. The molecule has 0 spiro atoms. The van der Waals surface area contributed by atoms with E-state index in [-0.39, 0.29) is 5.91 Å². The molecular weight excluding hydrogens is 328 g/mol. The Bertz CT molecular complexity index is 611. The lowest BCUT2D eigenvalue weighted by Crippen LogP contribution is -2.24. The highest BCUT2D eigenvalue weighted by Gasteiger charge is 2.17. The van der Waals surface area contributed by atoms with Gasteiger partial charge < -0.3 is 9.42 Å². The lowest BCUT2D eigenvalue weighted by Gasteiger charge is -2.13. The second kappa shape index (κ2) is 5.71. The normalized spacial score (nSPS) is 11.2. The molecule has 2 heterocycles. The van der Waals surface area contributed by atoms with Gasteiger partial charge >= 0.3 is 0 Å². The molecule has 0 saturated carbocycles. The Morgan fingerprint density at radius 1 is 1.47 bits per heavy atom. The highest BCUT2D eigenvalue weighted by molar-refractivity contribution is 9.11. The molecule has 0 unspecified atom stereocenters. The Balaban J connectivity index is 2.14. The molecule has 2 aromatic rings. The van der Waals surface area contributed by atoms with E-state index in [1.807, 2.05) is 19.1 Å². The van der Waals surface area contributed by atoms with Gasteiger partial charge in [-0.05, 0) is 48.0 Å². The van der Waals surface area contributed by atoms with Gasteiger partial charge in [0.25, 0.3) is 5.91 Å². The van der Waals surface area contributed by atoms with Crippen molar-refractivity contribution in [3.63, 3.8) is 0 Å². The predicted octanol–water partition coefficient (Wildman–Crippen LogP) is 3.79. The molecule has 2 rings (SSSR count). The summed E-state index contributed by atoms with van der Waals surface area (Å²) >= 11 is 4.96. The van der Waals surface area contributed by atoms with Gasteiger partial charge in [0.1, 0.15) is 11.4 Å². The number of carbonyl (C=O) groups excluding carboxylic acids is 1. The monoisotopic (exact) mass is 340 g/mol. The van der Waals surface area contributed by atoms with Crippen LogP contribution >= 0.6 is 27.3 Å². The van der Waals surface area contributed by atoms with Crippen molar-refractivity contribution in [3.05, 3.63) is 38.3 Å². The number of hydrogen-bond donors (Lipinski definition) is 0. The summed E-state index contributed by atoms with van der Waals surface area (Å²) in [4.78, 5) is 14.7. The summed E-state index contributed by atoms with van der Waals surface area (Å²) in [6.45, 7) is 3.61. The Morgan fingerprint density at radius 2 is 2.21 bits per heavy atom. The summed E-state index contributed by atoms with van der Waals surface area (Å²) in [7, 11) is 1.71. The number of amides is 1. The van der Waals surface area contributed by atoms with Crippen LogP contribution in [-0.4, -0.2) is 18.1 Å². The van der Waals surface area contributed by atoms with Crippen LogP contribution in [0.2, 0.25) is 0 Å². The van der Waals surface area contributed by atoms with Crippen LogP contribution in [0, 0.1) is 13.8 Å². The van der Waals surface area contributed by atoms with Gasteiger partial charge in [0, 0.05) is 18.0 Å². The topological polar surface area (TPSA) is 46.3 Å². The third-order valence-corrected chi connectivity index (χ3v) is 4.23. The van der Waals surface area contributed by atoms with Crippen molar-refractivity contribution in [1.29, 1.82) is 0 Å². The fraction of sp³-hybridized carbons (Fsp3) is 0.231. The predicted molar refractivity (Wildman–Crippen MR) is 80.4 cm³/mol. The Labute approximate surface area is 123 Å². The molecule has 0 N–H and O–H groups in total. The number of hydrogen-bond acceptors (Lipinski definition) is 4. The lowest BCUT2D eigenvalue weighted by atomic mass is 10.3. The van der Waals surface area contributed by atoms with E-state index in [1.54, 1.807) is 42.4 Å².